The highest BCUT2D eigenvalue weighted by atomic mass is 32.2. The minimum Gasteiger partial charge on any atom is -0.390 e. The van der Waals surface area contributed by atoms with Gasteiger partial charge in [0.15, 0.2) is 0 Å². The van der Waals surface area contributed by atoms with Gasteiger partial charge in [0.2, 0.25) is 21.8 Å². The molecule has 7 atom stereocenters. The number of rotatable bonds is 16. The van der Waals surface area contributed by atoms with Crippen LogP contribution in [-0.2, 0) is 19.6 Å². The quantitative estimate of drug-likeness (QED) is 0.177. The fourth-order valence-electron chi connectivity index (χ4n) is 6.61. The third-order valence-electron chi connectivity index (χ3n) is 8.34. The van der Waals surface area contributed by atoms with Gasteiger partial charge in [0.1, 0.15) is 12.3 Å². The van der Waals surface area contributed by atoms with Gasteiger partial charge in [-0.2, -0.15) is 0 Å². The minimum atomic E-state index is -3.65. The van der Waals surface area contributed by atoms with Gasteiger partial charge < -0.3 is 15.3 Å². The van der Waals surface area contributed by atoms with Crippen molar-refractivity contribution in [2.45, 2.75) is 110 Å². The summed E-state index contributed by atoms with van der Waals surface area (Å²) in [6.07, 6.45) is 5.04. The summed E-state index contributed by atoms with van der Waals surface area (Å²) in [6, 6.07) is -0.885. The van der Waals surface area contributed by atoms with E-state index in [4.69, 9.17) is 6.42 Å². The molecular weight excluding hydrogens is 578 g/mol. The number of halogens is 2. The first kappa shape index (κ1) is 37.4. The largest absolute Gasteiger partial charge is 0.390 e. The fourth-order valence-corrected chi connectivity index (χ4v) is 8.12. The molecule has 2 aliphatic carbocycles. The van der Waals surface area contributed by atoms with E-state index in [0.29, 0.717) is 32.4 Å². The molecule has 0 aromatic heterocycles. The van der Waals surface area contributed by atoms with E-state index in [2.05, 4.69) is 16.1 Å². The number of likely N-dealkylation sites (N-methyl/N-ethyl adjacent to an activating group) is 1. The van der Waals surface area contributed by atoms with E-state index in [0.717, 1.165) is 12.8 Å². The molecule has 43 heavy (non-hydrogen) atoms. The van der Waals surface area contributed by atoms with Crippen molar-refractivity contribution in [1.82, 2.24) is 20.1 Å². The van der Waals surface area contributed by atoms with E-state index < -0.39 is 52.3 Å². The SMILES string of the molecule is C#CC1CC(C(=O)NC(CC2CC(F)CC(F)C2)C(O)CN(C)NS(=O)(=O)CC(C)C)CC(C(=O)N(CCC)CCC)C1. The second-order valence-electron chi connectivity index (χ2n) is 13.1. The van der Waals surface area contributed by atoms with E-state index in [9.17, 15) is 31.9 Å². The second-order valence-corrected chi connectivity index (χ2v) is 14.9. The Morgan fingerprint density at radius 2 is 1.58 bits per heavy atom. The highest BCUT2D eigenvalue weighted by Gasteiger charge is 2.39. The lowest BCUT2D eigenvalue weighted by atomic mass is 9.74. The van der Waals surface area contributed by atoms with E-state index in [1.165, 1.54) is 12.1 Å². The number of aliphatic hydroxyl groups excluding tert-OH is 1. The zero-order valence-corrected chi connectivity index (χ0v) is 27.4. The van der Waals surface area contributed by atoms with E-state index in [-0.39, 0.29) is 61.6 Å². The number of amides is 2. The number of sulfonamides is 1. The molecule has 0 radical (unpaired) electrons. The number of nitrogens with one attached hydrogen (secondary N) is 2. The van der Waals surface area contributed by atoms with Gasteiger partial charge in [-0.25, -0.2) is 22.2 Å². The van der Waals surface area contributed by atoms with E-state index in [1.54, 1.807) is 13.8 Å². The number of nitrogens with zero attached hydrogens (tertiary/aromatic N) is 2. The maximum absolute atomic E-state index is 14.2. The number of alkyl halides is 2. The van der Waals surface area contributed by atoms with Crippen molar-refractivity contribution in [3.63, 3.8) is 0 Å². The molecule has 0 aliphatic heterocycles. The Hall–Kier alpha value is -1.81. The Morgan fingerprint density at radius 1 is 1.00 bits per heavy atom. The van der Waals surface area contributed by atoms with Gasteiger partial charge in [-0.15, -0.1) is 17.2 Å². The molecular formula is C31H54F2N4O5S. The summed E-state index contributed by atoms with van der Waals surface area (Å²) in [5, 5.41) is 15.4. The van der Waals surface area contributed by atoms with Crippen molar-refractivity contribution in [2.24, 2.45) is 29.6 Å². The number of hydrazine groups is 1. The summed E-state index contributed by atoms with van der Waals surface area (Å²) in [4.78, 5) is 31.4. The number of carbonyl (C=O) groups is 2. The van der Waals surface area contributed by atoms with Crippen LogP contribution in [0.1, 0.15) is 85.5 Å². The molecule has 12 heteroatoms. The molecule has 3 N–H and O–H groups in total. The number of hydrogen-bond acceptors (Lipinski definition) is 6. The van der Waals surface area contributed by atoms with Crippen LogP contribution in [0.15, 0.2) is 0 Å². The molecule has 2 rings (SSSR count). The Bertz CT molecular complexity index is 1020. The van der Waals surface area contributed by atoms with Crippen LogP contribution in [0.5, 0.6) is 0 Å². The van der Waals surface area contributed by atoms with Gasteiger partial charge in [0.05, 0.1) is 17.9 Å². The maximum Gasteiger partial charge on any atom is 0.225 e. The molecule has 248 valence electrons. The first-order valence-corrected chi connectivity index (χ1v) is 17.6. The van der Waals surface area contributed by atoms with Crippen molar-refractivity contribution < 1.29 is 31.9 Å². The molecule has 2 aliphatic rings. The first-order valence-electron chi connectivity index (χ1n) is 15.9. The molecule has 2 amide bonds. The second kappa shape index (κ2) is 17.6. The van der Waals surface area contributed by atoms with Crippen molar-refractivity contribution >= 4 is 21.8 Å². The van der Waals surface area contributed by atoms with Crippen LogP contribution >= 0.6 is 0 Å². The molecule has 0 spiro atoms. The van der Waals surface area contributed by atoms with Crippen molar-refractivity contribution in [1.29, 1.82) is 0 Å². The number of aliphatic hydroxyl groups is 1. The molecule has 0 heterocycles. The predicted molar refractivity (Wildman–Crippen MR) is 164 cm³/mol. The van der Waals surface area contributed by atoms with Crippen LogP contribution in [0.25, 0.3) is 0 Å². The number of hydrogen-bond donors (Lipinski definition) is 3. The lowest BCUT2D eigenvalue weighted by molar-refractivity contribution is -0.139. The number of carbonyl (C=O) groups excluding carboxylic acids is 2. The minimum absolute atomic E-state index is 0.00137. The van der Waals surface area contributed by atoms with Gasteiger partial charge in [-0.1, -0.05) is 27.7 Å². The molecule has 7 unspecified atom stereocenters. The van der Waals surface area contributed by atoms with Crippen LogP contribution in [-0.4, -0.2) is 92.2 Å². The molecule has 9 nitrogen and oxygen atoms in total. The standard InChI is InChI=1S/C31H54F2N4O5S/c1-7-10-37(11-8-2)31(40)25-13-22(9-3)12-24(17-25)30(39)34-28(16-23-14-26(32)18-27(33)15-23)29(38)19-36(6)35-43(41,42)20-21(4)5/h3,21-29,35,38H,7-8,10-20H2,1-2,4-6H3,(H,34,39). The van der Waals surface area contributed by atoms with Crippen LogP contribution in [0.3, 0.4) is 0 Å². The summed E-state index contributed by atoms with van der Waals surface area (Å²) in [6.45, 7) is 8.69. The summed E-state index contributed by atoms with van der Waals surface area (Å²) < 4.78 is 53.3. The van der Waals surface area contributed by atoms with E-state index >= 15 is 0 Å². The third-order valence-corrected chi connectivity index (χ3v) is 10.0. The summed E-state index contributed by atoms with van der Waals surface area (Å²) in [5.41, 5.74) is 0. The average Bonchev–Trinajstić information content (AvgIpc) is 2.90. The molecule has 0 aromatic rings. The third kappa shape index (κ3) is 12.6. The van der Waals surface area contributed by atoms with Gasteiger partial charge in [-0.05, 0) is 63.2 Å². The lowest BCUT2D eigenvalue weighted by Crippen LogP contribution is -2.54. The van der Waals surface area contributed by atoms with Gasteiger partial charge >= 0.3 is 0 Å². The molecule has 2 fully saturated rings. The topological polar surface area (TPSA) is 119 Å². The molecule has 0 aromatic carbocycles. The van der Waals surface area contributed by atoms with Crippen LogP contribution in [0, 0.1) is 41.9 Å². The van der Waals surface area contributed by atoms with E-state index in [1.807, 2.05) is 18.7 Å². The Labute approximate surface area is 257 Å². The predicted octanol–water partition coefficient (Wildman–Crippen LogP) is 3.44. The van der Waals surface area contributed by atoms with Gasteiger partial charge in [0, 0.05) is 50.9 Å². The fraction of sp³-hybridized carbons (Fsp3) is 0.871. The first-order chi connectivity index (χ1) is 20.2. The summed E-state index contributed by atoms with van der Waals surface area (Å²) >= 11 is 0. The monoisotopic (exact) mass is 632 g/mol. The maximum atomic E-state index is 14.2. The zero-order chi connectivity index (χ0) is 32.3. The van der Waals surface area contributed by atoms with Crippen molar-refractivity contribution in [3.05, 3.63) is 0 Å². The number of terminal acetylenes is 1. The van der Waals surface area contributed by atoms with Crippen LogP contribution in [0.4, 0.5) is 8.78 Å². The van der Waals surface area contributed by atoms with Crippen LogP contribution < -0.4 is 10.1 Å². The molecule has 0 bridgehead atoms. The Kier molecular flexibility index (Phi) is 15.3. The molecule has 0 saturated heterocycles. The lowest BCUT2D eigenvalue weighted by Gasteiger charge is -2.37. The average molecular weight is 633 g/mol. The zero-order valence-electron chi connectivity index (χ0n) is 26.6. The smallest absolute Gasteiger partial charge is 0.225 e. The van der Waals surface area contributed by atoms with Crippen molar-refractivity contribution in [3.8, 4) is 12.3 Å². The molecule has 2 saturated carbocycles. The summed E-state index contributed by atoms with van der Waals surface area (Å²) in [5.74, 6) is 0.529. The normalized spacial score (nSPS) is 27.8. The highest BCUT2D eigenvalue weighted by Crippen LogP contribution is 2.36. The van der Waals surface area contributed by atoms with Crippen LogP contribution in [0.2, 0.25) is 0 Å². The van der Waals surface area contributed by atoms with Gasteiger partial charge in [-0.3, -0.25) is 9.59 Å². The summed E-state index contributed by atoms with van der Waals surface area (Å²) in [7, 11) is -2.17. The Morgan fingerprint density at radius 3 is 2.12 bits per heavy atom. The van der Waals surface area contributed by atoms with Crippen molar-refractivity contribution in [2.75, 3.05) is 32.4 Å². The Balaban J connectivity index is 2.21. The van der Waals surface area contributed by atoms with Gasteiger partial charge in [0.25, 0.3) is 0 Å². The highest BCUT2D eigenvalue weighted by molar-refractivity contribution is 7.89.